The molecule has 0 atom stereocenters. The number of halogens is 3. The predicted octanol–water partition coefficient (Wildman–Crippen LogP) is 2.87. The summed E-state index contributed by atoms with van der Waals surface area (Å²) in [5.74, 6) is 0. The SMILES string of the molecule is Cl/N=C1C=C/C(=N\Cl)C=C/1Cl. The largest absolute Gasteiger partial charge is 0.178 e. The average molecular weight is 209 g/mol. The summed E-state index contributed by atoms with van der Waals surface area (Å²) < 4.78 is 6.81. The lowest BCUT2D eigenvalue weighted by Gasteiger charge is -2.01. The van der Waals surface area contributed by atoms with Crippen molar-refractivity contribution in [2.75, 3.05) is 0 Å². The van der Waals surface area contributed by atoms with Gasteiger partial charge in [0.25, 0.3) is 0 Å². The van der Waals surface area contributed by atoms with Gasteiger partial charge in [-0.2, -0.15) is 9.02 Å². The summed E-state index contributed by atoms with van der Waals surface area (Å²) in [7, 11) is 0. The monoisotopic (exact) mass is 208 g/mol. The second-order valence-corrected chi connectivity index (χ2v) is 2.55. The van der Waals surface area contributed by atoms with E-state index in [0.717, 1.165) is 0 Å². The first-order valence-corrected chi connectivity index (χ1v) is 3.77. The lowest BCUT2D eigenvalue weighted by molar-refractivity contribution is 1.76. The van der Waals surface area contributed by atoms with Gasteiger partial charge in [-0.05, 0) is 18.2 Å². The standard InChI is InChI=1S/C6H3Cl3N2/c7-5-3-4(10-8)1-2-6(5)11-9/h1-3H/b10-4+,11-6-. The van der Waals surface area contributed by atoms with Crippen LogP contribution in [0.1, 0.15) is 0 Å². The summed E-state index contributed by atoms with van der Waals surface area (Å²) >= 11 is 16.1. The van der Waals surface area contributed by atoms with E-state index in [1.165, 1.54) is 0 Å². The van der Waals surface area contributed by atoms with Gasteiger partial charge in [0.1, 0.15) is 0 Å². The first-order chi connectivity index (χ1) is 5.27. The molecule has 0 N–H and O–H groups in total. The quantitative estimate of drug-likeness (QED) is 0.548. The highest BCUT2D eigenvalue weighted by Crippen LogP contribution is 2.13. The van der Waals surface area contributed by atoms with Crippen LogP contribution < -0.4 is 0 Å². The molecule has 0 unspecified atom stereocenters. The third-order valence-corrected chi connectivity index (χ3v) is 1.80. The summed E-state index contributed by atoms with van der Waals surface area (Å²) in [5, 5.41) is 0.432. The van der Waals surface area contributed by atoms with Crippen molar-refractivity contribution in [2.45, 2.75) is 0 Å². The van der Waals surface area contributed by atoms with E-state index in [4.69, 9.17) is 35.2 Å². The lowest BCUT2D eigenvalue weighted by atomic mass is 10.1. The molecule has 5 heteroatoms. The van der Waals surface area contributed by atoms with Crippen molar-refractivity contribution in [1.82, 2.24) is 0 Å². The van der Waals surface area contributed by atoms with Crippen LogP contribution in [0.5, 0.6) is 0 Å². The molecule has 58 valence electrons. The normalized spacial score (nSPS) is 24.5. The maximum atomic E-state index is 5.71. The third-order valence-electron chi connectivity index (χ3n) is 1.12. The summed E-state index contributed by atoms with van der Waals surface area (Å²) in [4.78, 5) is 0. The van der Waals surface area contributed by atoms with E-state index in [-0.39, 0.29) is 0 Å². The van der Waals surface area contributed by atoms with Crippen LogP contribution in [-0.4, -0.2) is 11.4 Å². The Balaban J connectivity index is 2.97. The lowest BCUT2D eigenvalue weighted by Crippen LogP contribution is -2.02. The van der Waals surface area contributed by atoms with Gasteiger partial charge in [0.2, 0.25) is 0 Å². The Bertz CT molecular complexity index is 276. The van der Waals surface area contributed by atoms with Gasteiger partial charge in [-0.1, -0.05) is 11.6 Å². The summed E-state index contributed by atoms with van der Waals surface area (Å²) in [6, 6.07) is 0. The van der Waals surface area contributed by atoms with Crippen LogP contribution in [0.2, 0.25) is 0 Å². The summed E-state index contributed by atoms with van der Waals surface area (Å²) in [6.07, 6.45) is 4.88. The van der Waals surface area contributed by atoms with Crippen LogP contribution >= 0.6 is 35.2 Å². The molecule has 1 aliphatic carbocycles. The molecule has 0 saturated heterocycles. The average Bonchev–Trinajstić information content (AvgIpc) is 2.04. The Morgan fingerprint density at radius 2 is 1.82 bits per heavy atom. The van der Waals surface area contributed by atoms with E-state index in [0.29, 0.717) is 16.5 Å². The van der Waals surface area contributed by atoms with E-state index >= 15 is 0 Å². The molecule has 0 saturated carbocycles. The fourth-order valence-corrected chi connectivity index (χ4v) is 1.13. The van der Waals surface area contributed by atoms with Crippen molar-refractivity contribution in [1.29, 1.82) is 0 Å². The van der Waals surface area contributed by atoms with Crippen LogP contribution in [0.15, 0.2) is 32.3 Å². The molecule has 0 fully saturated rings. The molecule has 0 aromatic heterocycles. The van der Waals surface area contributed by atoms with Gasteiger partial charge in [0.15, 0.2) is 0 Å². The summed E-state index contributed by atoms with van der Waals surface area (Å²) in [5.41, 5.74) is 1.10. The highest BCUT2D eigenvalue weighted by Gasteiger charge is 2.06. The van der Waals surface area contributed by atoms with Gasteiger partial charge >= 0.3 is 0 Å². The maximum absolute atomic E-state index is 5.71. The van der Waals surface area contributed by atoms with Gasteiger partial charge in [-0.15, -0.1) is 0 Å². The Hall–Kier alpha value is -0.310. The highest BCUT2D eigenvalue weighted by molar-refractivity contribution is 6.50. The minimum Gasteiger partial charge on any atom is -0.178 e. The van der Waals surface area contributed by atoms with Crippen molar-refractivity contribution in [3.05, 3.63) is 23.3 Å². The second kappa shape index (κ2) is 3.90. The second-order valence-electron chi connectivity index (χ2n) is 1.80. The molecule has 0 heterocycles. The van der Waals surface area contributed by atoms with Crippen LogP contribution in [0.25, 0.3) is 0 Å². The Labute approximate surface area is 79.1 Å². The first-order valence-electron chi connectivity index (χ1n) is 2.71. The van der Waals surface area contributed by atoms with Crippen molar-refractivity contribution >= 4 is 46.6 Å². The van der Waals surface area contributed by atoms with E-state index < -0.39 is 0 Å². The van der Waals surface area contributed by atoms with Crippen molar-refractivity contribution in [3.63, 3.8) is 0 Å². The first kappa shape index (κ1) is 8.78. The molecule has 0 aromatic rings. The van der Waals surface area contributed by atoms with Gasteiger partial charge < -0.3 is 0 Å². The molecule has 0 bridgehead atoms. The van der Waals surface area contributed by atoms with E-state index in [9.17, 15) is 0 Å². The van der Waals surface area contributed by atoms with Gasteiger partial charge in [0.05, 0.1) is 16.5 Å². The molecule has 1 aliphatic rings. The molecule has 2 nitrogen and oxygen atoms in total. The fourth-order valence-electron chi connectivity index (χ4n) is 0.617. The molecule has 0 aliphatic heterocycles. The Morgan fingerprint density at radius 3 is 2.27 bits per heavy atom. The van der Waals surface area contributed by atoms with Crippen LogP contribution in [0.4, 0.5) is 0 Å². The zero-order valence-corrected chi connectivity index (χ0v) is 7.53. The van der Waals surface area contributed by atoms with Gasteiger partial charge in [0, 0.05) is 23.6 Å². The van der Waals surface area contributed by atoms with Gasteiger partial charge in [-0.25, -0.2) is 0 Å². The van der Waals surface area contributed by atoms with Crippen LogP contribution in [0, 0.1) is 0 Å². The topological polar surface area (TPSA) is 24.7 Å². The minimum absolute atomic E-state index is 0.432. The number of hydrogen-bond donors (Lipinski definition) is 0. The van der Waals surface area contributed by atoms with E-state index in [1.807, 2.05) is 0 Å². The van der Waals surface area contributed by atoms with Crippen molar-refractivity contribution in [2.24, 2.45) is 9.02 Å². The Morgan fingerprint density at radius 1 is 1.09 bits per heavy atom. The predicted molar refractivity (Wildman–Crippen MR) is 49.7 cm³/mol. The van der Waals surface area contributed by atoms with Gasteiger partial charge in [-0.3, -0.25) is 0 Å². The fraction of sp³-hybridized carbons (Fsp3) is 0. The van der Waals surface area contributed by atoms with Crippen molar-refractivity contribution in [3.8, 4) is 0 Å². The third kappa shape index (κ3) is 2.06. The summed E-state index contributed by atoms with van der Waals surface area (Å²) in [6.45, 7) is 0. The molecule has 0 radical (unpaired) electrons. The number of hydrogen-bond acceptors (Lipinski definition) is 2. The number of allylic oxidation sites excluding steroid dienone is 4. The van der Waals surface area contributed by atoms with E-state index in [1.54, 1.807) is 18.2 Å². The zero-order valence-electron chi connectivity index (χ0n) is 5.26. The molecule has 1 rings (SSSR count). The molecule has 11 heavy (non-hydrogen) atoms. The van der Waals surface area contributed by atoms with Crippen LogP contribution in [0.3, 0.4) is 0 Å². The maximum Gasteiger partial charge on any atom is 0.0964 e. The Kier molecular flexibility index (Phi) is 3.12. The van der Waals surface area contributed by atoms with E-state index in [2.05, 4.69) is 9.02 Å². The molecule has 0 spiro atoms. The highest BCUT2D eigenvalue weighted by atomic mass is 35.5. The zero-order chi connectivity index (χ0) is 8.27. The molecule has 0 amide bonds. The minimum atomic E-state index is 0.432. The van der Waals surface area contributed by atoms with Crippen molar-refractivity contribution < 1.29 is 0 Å². The number of nitrogens with zero attached hydrogens (tertiary/aromatic N) is 2. The molecule has 0 aromatic carbocycles. The molecular weight excluding hydrogens is 206 g/mol. The smallest absolute Gasteiger partial charge is 0.0964 e. The number of rotatable bonds is 0. The van der Waals surface area contributed by atoms with Crippen LogP contribution in [-0.2, 0) is 0 Å². The molecular formula is C6H3Cl3N2.